The zero-order valence-electron chi connectivity index (χ0n) is 6.80. The zero-order valence-corrected chi connectivity index (χ0v) is 6.80. The van der Waals surface area contributed by atoms with E-state index in [4.69, 9.17) is 0 Å². The standard InChI is InChI=1S/C7H11NO3/c1-5(7(10)11-3)4-6(9)8-2/h4H,1-3H3,(H,8,9)/b5-4+. The van der Waals surface area contributed by atoms with Gasteiger partial charge < -0.3 is 10.1 Å². The van der Waals surface area contributed by atoms with Crippen LogP contribution in [0.5, 0.6) is 0 Å². The lowest BCUT2D eigenvalue weighted by atomic mass is 10.3. The van der Waals surface area contributed by atoms with E-state index in [0.717, 1.165) is 0 Å². The Bertz CT molecular complexity index is 196. The molecule has 1 amide bonds. The van der Waals surface area contributed by atoms with Crippen LogP contribution in [0.2, 0.25) is 0 Å². The van der Waals surface area contributed by atoms with Gasteiger partial charge in [-0.3, -0.25) is 4.79 Å². The summed E-state index contributed by atoms with van der Waals surface area (Å²) in [7, 11) is 2.76. The van der Waals surface area contributed by atoms with Crippen molar-refractivity contribution in [3.05, 3.63) is 11.6 Å². The average molecular weight is 157 g/mol. The van der Waals surface area contributed by atoms with Crippen molar-refractivity contribution in [1.29, 1.82) is 0 Å². The number of amides is 1. The van der Waals surface area contributed by atoms with Crippen molar-refractivity contribution in [1.82, 2.24) is 5.32 Å². The molecule has 0 saturated heterocycles. The molecular weight excluding hydrogens is 146 g/mol. The topological polar surface area (TPSA) is 55.4 Å². The minimum atomic E-state index is -0.492. The fraction of sp³-hybridized carbons (Fsp3) is 0.429. The van der Waals surface area contributed by atoms with Crippen molar-refractivity contribution in [2.24, 2.45) is 0 Å². The van der Waals surface area contributed by atoms with E-state index in [0.29, 0.717) is 0 Å². The van der Waals surface area contributed by atoms with Crippen molar-refractivity contribution in [3.8, 4) is 0 Å². The number of hydrogen-bond donors (Lipinski definition) is 1. The van der Waals surface area contributed by atoms with Gasteiger partial charge in [0.25, 0.3) is 0 Å². The monoisotopic (exact) mass is 157 g/mol. The molecule has 0 spiro atoms. The number of hydrogen-bond acceptors (Lipinski definition) is 3. The third-order valence-corrected chi connectivity index (χ3v) is 1.10. The van der Waals surface area contributed by atoms with Crippen LogP contribution in [0.25, 0.3) is 0 Å². The van der Waals surface area contributed by atoms with E-state index in [2.05, 4.69) is 10.1 Å². The van der Waals surface area contributed by atoms with Gasteiger partial charge in [-0.25, -0.2) is 4.79 Å². The summed E-state index contributed by atoms with van der Waals surface area (Å²) in [5, 5.41) is 2.35. The molecule has 0 fully saturated rings. The maximum atomic E-state index is 10.7. The van der Waals surface area contributed by atoms with Crippen LogP contribution in [0.3, 0.4) is 0 Å². The molecule has 0 aromatic heterocycles. The maximum absolute atomic E-state index is 10.7. The number of carbonyl (C=O) groups is 2. The van der Waals surface area contributed by atoms with Gasteiger partial charge in [-0.2, -0.15) is 0 Å². The molecule has 62 valence electrons. The Morgan fingerprint density at radius 2 is 2.00 bits per heavy atom. The van der Waals surface area contributed by atoms with Gasteiger partial charge in [-0.15, -0.1) is 0 Å². The molecule has 0 aliphatic heterocycles. The minimum absolute atomic E-state index is 0.284. The predicted octanol–water partition coefficient (Wildman–Crippen LogP) is -0.148. The van der Waals surface area contributed by atoms with Crippen LogP contribution in [0.4, 0.5) is 0 Å². The van der Waals surface area contributed by atoms with E-state index >= 15 is 0 Å². The predicted molar refractivity (Wildman–Crippen MR) is 39.8 cm³/mol. The van der Waals surface area contributed by atoms with Crippen LogP contribution in [-0.4, -0.2) is 26.0 Å². The van der Waals surface area contributed by atoms with Gasteiger partial charge >= 0.3 is 5.97 Å². The first-order chi connectivity index (χ1) is 5.11. The Morgan fingerprint density at radius 3 is 2.36 bits per heavy atom. The SMILES string of the molecule is CNC(=O)/C=C(\C)C(=O)OC. The van der Waals surface area contributed by atoms with E-state index in [1.807, 2.05) is 0 Å². The second-order valence-corrected chi connectivity index (χ2v) is 1.93. The first-order valence-electron chi connectivity index (χ1n) is 3.10. The highest BCUT2D eigenvalue weighted by Gasteiger charge is 2.03. The molecule has 0 bridgehead atoms. The van der Waals surface area contributed by atoms with Gasteiger partial charge in [-0.05, 0) is 6.92 Å². The normalized spacial score (nSPS) is 10.6. The number of rotatable bonds is 2. The van der Waals surface area contributed by atoms with E-state index in [1.54, 1.807) is 0 Å². The molecular formula is C7H11NO3. The first kappa shape index (κ1) is 9.68. The molecule has 0 heterocycles. The molecule has 0 aliphatic rings. The average Bonchev–Trinajstić information content (AvgIpc) is 2.02. The summed E-state index contributed by atoms with van der Waals surface area (Å²) < 4.78 is 4.37. The third-order valence-electron chi connectivity index (χ3n) is 1.10. The number of esters is 1. The van der Waals surface area contributed by atoms with Gasteiger partial charge in [-0.1, -0.05) is 0 Å². The quantitative estimate of drug-likeness (QED) is 0.448. The smallest absolute Gasteiger partial charge is 0.333 e. The fourth-order valence-electron chi connectivity index (χ4n) is 0.489. The van der Waals surface area contributed by atoms with Crippen molar-refractivity contribution in [3.63, 3.8) is 0 Å². The van der Waals surface area contributed by atoms with Crippen LogP contribution in [0, 0.1) is 0 Å². The Labute approximate surface area is 65.2 Å². The van der Waals surface area contributed by atoms with Crippen LogP contribution in [0.15, 0.2) is 11.6 Å². The second-order valence-electron chi connectivity index (χ2n) is 1.93. The molecule has 1 N–H and O–H groups in total. The summed E-state index contributed by atoms with van der Waals surface area (Å²) in [6, 6.07) is 0. The number of ether oxygens (including phenoxy) is 1. The minimum Gasteiger partial charge on any atom is -0.466 e. The molecule has 0 aliphatic carbocycles. The van der Waals surface area contributed by atoms with Gasteiger partial charge in [0, 0.05) is 18.7 Å². The Balaban J connectivity index is 4.21. The summed E-state index contributed by atoms with van der Waals surface area (Å²) in [5.74, 6) is -0.804. The molecule has 0 aromatic rings. The molecule has 11 heavy (non-hydrogen) atoms. The van der Waals surface area contributed by atoms with Gasteiger partial charge in [0.15, 0.2) is 0 Å². The molecule has 0 unspecified atom stereocenters. The largest absolute Gasteiger partial charge is 0.466 e. The van der Waals surface area contributed by atoms with E-state index < -0.39 is 5.97 Å². The van der Waals surface area contributed by atoms with Crippen LogP contribution < -0.4 is 5.32 Å². The molecule has 4 nitrogen and oxygen atoms in total. The van der Waals surface area contributed by atoms with Crippen molar-refractivity contribution in [2.45, 2.75) is 6.92 Å². The number of nitrogens with one attached hydrogen (secondary N) is 1. The number of likely N-dealkylation sites (N-methyl/N-ethyl adjacent to an activating group) is 1. The highest BCUT2D eigenvalue weighted by Crippen LogP contribution is 1.93. The van der Waals surface area contributed by atoms with Crippen molar-refractivity contribution in [2.75, 3.05) is 14.2 Å². The van der Waals surface area contributed by atoms with Gasteiger partial charge in [0.1, 0.15) is 0 Å². The Kier molecular flexibility index (Phi) is 3.95. The zero-order chi connectivity index (χ0) is 8.85. The summed E-state index contributed by atoms with van der Waals surface area (Å²) in [4.78, 5) is 21.3. The Morgan fingerprint density at radius 1 is 1.45 bits per heavy atom. The maximum Gasteiger partial charge on any atom is 0.333 e. The molecule has 0 atom stereocenters. The molecule has 4 heteroatoms. The van der Waals surface area contributed by atoms with Gasteiger partial charge in [0.2, 0.25) is 5.91 Å². The van der Waals surface area contributed by atoms with E-state index in [9.17, 15) is 9.59 Å². The van der Waals surface area contributed by atoms with Crippen LogP contribution >= 0.6 is 0 Å². The Hall–Kier alpha value is -1.32. The second kappa shape index (κ2) is 4.49. The molecule has 0 radical (unpaired) electrons. The van der Waals surface area contributed by atoms with E-state index in [-0.39, 0.29) is 11.5 Å². The summed E-state index contributed by atoms with van der Waals surface area (Å²) in [5.41, 5.74) is 0.284. The van der Waals surface area contributed by atoms with Gasteiger partial charge in [0.05, 0.1) is 7.11 Å². The molecule has 0 aromatic carbocycles. The van der Waals surface area contributed by atoms with E-state index in [1.165, 1.54) is 27.2 Å². The lowest BCUT2D eigenvalue weighted by molar-refractivity contribution is -0.136. The van der Waals surface area contributed by atoms with Crippen molar-refractivity contribution < 1.29 is 14.3 Å². The fourth-order valence-corrected chi connectivity index (χ4v) is 0.489. The molecule has 0 saturated carbocycles. The summed E-state index contributed by atoms with van der Waals surface area (Å²) in [6.07, 6.45) is 1.19. The lowest BCUT2D eigenvalue weighted by Gasteiger charge is -1.96. The lowest BCUT2D eigenvalue weighted by Crippen LogP contribution is -2.16. The van der Waals surface area contributed by atoms with Crippen molar-refractivity contribution >= 4 is 11.9 Å². The third kappa shape index (κ3) is 3.40. The summed E-state index contributed by atoms with van der Waals surface area (Å²) in [6.45, 7) is 1.51. The van der Waals surface area contributed by atoms with Crippen LogP contribution in [0.1, 0.15) is 6.92 Å². The highest BCUT2D eigenvalue weighted by molar-refractivity contribution is 5.97. The first-order valence-corrected chi connectivity index (χ1v) is 3.10. The number of carbonyl (C=O) groups excluding carboxylic acids is 2. The van der Waals surface area contributed by atoms with Crippen LogP contribution in [-0.2, 0) is 14.3 Å². The summed E-state index contributed by atoms with van der Waals surface area (Å²) >= 11 is 0. The number of methoxy groups -OCH3 is 1. The molecule has 0 rings (SSSR count). The highest BCUT2D eigenvalue weighted by atomic mass is 16.5.